The van der Waals surface area contributed by atoms with Crippen LogP contribution < -0.4 is 5.32 Å². The van der Waals surface area contributed by atoms with Crippen molar-refractivity contribution >= 4 is 17.4 Å². The Bertz CT molecular complexity index is 838. The highest BCUT2D eigenvalue weighted by Crippen LogP contribution is 2.15. The van der Waals surface area contributed by atoms with Gasteiger partial charge in [-0.15, -0.1) is 0 Å². The molecule has 0 aliphatic heterocycles. The summed E-state index contributed by atoms with van der Waals surface area (Å²) in [7, 11) is 0. The van der Waals surface area contributed by atoms with E-state index in [1.54, 1.807) is 42.5 Å². The van der Waals surface area contributed by atoms with Crippen molar-refractivity contribution in [2.75, 3.05) is 5.32 Å². The standard InChI is InChI=1S/C19H16N2O3/c1-12-3-5-14(6-4-12)18(23)15-7-9-16(10-8-15)21-19(24)17(11-20)13(2)22/h3-10,22H,1-2H3,(H,21,24)/b17-13-. The normalized spacial score (nSPS) is 11.2. The molecule has 2 rings (SSSR count). The molecule has 2 aromatic carbocycles. The first-order valence-corrected chi connectivity index (χ1v) is 7.25. The monoisotopic (exact) mass is 320 g/mol. The van der Waals surface area contributed by atoms with Gasteiger partial charge in [-0.05, 0) is 38.1 Å². The summed E-state index contributed by atoms with van der Waals surface area (Å²) in [5, 5.41) is 20.6. The van der Waals surface area contributed by atoms with Gasteiger partial charge in [-0.3, -0.25) is 9.59 Å². The molecule has 24 heavy (non-hydrogen) atoms. The van der Waals surface area contributed by atoms with Gasteiger partial charge in [-0.1, -0.05) is 29.8 Å². The van der Waals surface area contributed by atoms with Crippen molar-refractivity contribution in [3.05, 3.63) is 76.6 Å². The number of carbonyl (C=O) groups is 2. The molecular formula is C19H16N2O3. The molecule has 0 fully saturated rings. The van der Waals surface area contributed by atoms with Crippen LogP contribution in [0.15, 0.2) is 59.9 Å². The van der Waals surface area contributed by atoms with Crippen LogP contribution in [0.2, 0.25) is 0 Å². The van der Waals surface area contributed by atoms with Crippen LogP contribution in [-0.4, -0.2) is 16.8 Å². The lowest BCUT2D eigenvalue weighted by Crippen LogP contribution is -2.15. The molecule has 2 N–H and O–H groups in total. The van der Waals surface area contributed by atoms with Gasteiger partial charge >= 0.3 is 0 Å². The van der Waals surface area contributed by atoms with Gasteiger partial charge in [0, 0.05) is 16.8 Å². The van der Waals surface area contributed by atoms with E-state index in [4.69, 9.17) is 5.26 Å². The Hall–Kier alpha value is -3.39. The fraction of sp³-hybridized carbons (Fsp3) is 0.105. The summed E-state index contributed by atoms with van der Waals surface area (Å²) in [5.41, 5.74) is 2.23. The number of benzene rings is 2. The second kappa shape index (κ2) is 7.25. The largest absolute Gasteiger partial charge is 0.511 e. The molecule has 0 aromatic heterocycles. The lowest BCUT2D eigenvalue weighted by molar-refractivity contribution is -0.112. The number of carbonyl (C=O) groups excluding carboxylic acids is 2. The molecule has 5 heteroatoms. The molecular weight excluding hydrogens is 304 g/mol. The third-order valence-corrected chi connectivity index (χ3v) is 3.42. The second-order valence-corrected chi connectivity index (χ2v) is 5.30. The molecule has 2 aromatic rings. The van der Waals surface area contributed by atoms with Gasteiger partial charge in [0.05, 0.1) is 0 Å². The average Bonchev–Trinajstić information content (AvgIpc) is 2.56. The Labute approximate surface area is 139 Å². The Morgan fingerprint density at radius 1 is 1.00 bits per heavy atom. The van der Waals surface area contributed by atoms with Gasteiger partial charge in [0.25, 0.3) is 5.91 Å². The minimum absolute atomic E-state index is 0.114. The zero-order chi connectivity index (χ0) is 17.7. The number of aliphatic hydroxyl groups is 1. The van der Waals surface area contributed by atoms with Crippen molar-refractivity contribution in [3.8, 4) is 6.07 Å². The average molecular weight is 320 g/mol. The van der Waals surface area contributed by atoms with Crippen LogP contribution in [0.25, 0.3) is 0 Å². The van der Waals surface area contributed by atoms with E-state index in [1.165, 1.54) is 6.92 Å². The molecule has 1 amide bonds. The maximum absolute atomic E-state index is 12.4. The number of hydrogen-bond acceptors (Lipinski definition) is 4. The van der Waals surface area contributed by atoms with Crippen molar-refractivity contribution in [2.24, 2.45) is 0 Å². The molecule has 0 unspecified atom stereocenters. The lowest BCUT2D eigenvalue weighted by Gasteiger charge is -2.06. The SMILES string of the molecule is C/C(O)=C(\C#N)C(=O)Nc1ccc(C(=O)c2ccc(C)cc2)cc1. The first-order chi connectivity index (χ1) is 11.4. The van der Waals surface area contributed by atoms with Crippen LogP contribution in [0.5, 0.6) is 0 Å². The summed E-state index contributed by atoms with van der Waals surface area (Å²) >= 11 is 0. The minimum Gasteiger partial charge on any atom is -0.511 e. The quantitative estimate of drug-likeness (QED) is 0.390. The zero-order valence-corrected chi connectivity index (χ0v) is 13.3. The van der Waals surface area contributed by atoms with Crippen LogP contribution >= 0.6 is 0 Å². The zero-order valence-electron chi connectivity index (χ0n) is 13.3. The Kier molecular flexibility index (Phi) is 5.13. The maximum atomic E-state index is 12.4. The van der Waals surface area contributed by atoms with Gasteiger partial charge in [0.1, 0.15) is 11.8 Å². The number of hydrogen-bond donors (Lipinski definition) is 2. The molecule has 0 atom stereocenters. The molecule has 0 saturated heterocycles. The predicted octanol–water partition coefficient (Wildman–Crippen LogP) is 3.52. The van der Waals surface area contributed by atoms with E-state index >= 15 is 0 Å². The van der Waals surface area contributed by atoms with E-state index in [-0.39, 0.29) is 17.1 Å². The van der Waals surface area contributed by atoms with Crippen LogP contribution in [0.1, 0.15) is 28.4 Å². The molecule has 120 valence electrons. The molecule has 0 spiro atoms. The third-order valence-electron chi connectivity index (χ3n) is 3.42. The van der Waals surface area contributed by atoms with E-state index in [1.807, 2.05) is 19.1 Å². The summed E-state index contributed by atoms with van der Waals surface area (Å²) in [6.07, 6.45) is 0. The van der Waals surface area contributed by atoms with Crippen LogP contribution in [-0.2, 0) is 4.79 Å². The summed E-state index contributed by atoms with van der Waals surface area (Å²) in [4.78, 5) is 24.2. The molecule has 5 nitrogen and oxygen atoms in total. The number of nitrogens with zero attached hydrogens (tertiary/aromatic N) is 1. The van der Waals surface area contributed by atoms with Crippen molar-refractivity contribution in [2.45, 2.75) is 13.8 Å². The van der Waals surface area contributed by atoms with Gasteiger partial charge in [-0.25, -0.2) is 0 Å². The molecule has 0 aliphatic carbocycles. The molecule has 0 saturated carbocycles. The molecule has 0 bridgehead atoms. The van der Waals surface area contributed by atoms with E-state index in [0.717, 1.165) is 5.56 Å². The number of rotatable bonds is 4. The first-order valence-electron chi connectivity index (χ1n) is 7.25. The number of amides is 1. The van der Waals surface area contributed by atoms with Gasteiger partial charge in [0.2, 0.25) is 0 Å². The molecule has 0 radical (unpaired) electrons. The highest BCUT2D eigenvalue weighted by molar-refractivity contribution is 6.10. The Morgan fingerprint density at radius 2 is 1.50 bits per heavy atom. The topological polar surface area (TPSA) is 90.2 Å². The van der Waals surface area contributed by atoms with Crippen molar-refractivity contribution in [1.82, 2.24) is 0 Å². The Morgan fingerprint density at radius 3 is 1.96 bits per heavy atom. The van der Waals surface area contributed by atoms with Gasteiger partial charge in [0.15, 0.2) is 11.4 Å². The number of ketones is 1. The Balaban J connectivity index is 2.15. The highest BCUT2D eigenvalue weighted by Gasteiger charge is 2.13. The van der Waals surface area contributed by atoms with Gasteiger partial charge in [-0.2, -0.15) is 5.26 Å². The minimum atomic E-state index is -0.699. The fourth-order valence-electron chi connectivity index (χ4n) is 2.07. The number of anilines is 1. The summed E-state index contributed by atoms with van der Waals surface area (Å²) in [6.45, 7) is 3.21. The lowest BCUT2D eigenvalue weighted by atomic mass is 10.0. The number of allylic oxidation sites excluding steroid dienone is 1. The number of aryl methyl sites for hydroxylation is 1. The van der Waals surface area contributed by atoms with Crippen molar-refractivity contribution < 1.29 is 14.7 Å². The molecule has 0 aliphatic rings. The van der Waals surface area contributed by atoms with Crippen LogP contribution in [0.4, 0.5) is 5.69 Å². The van der Waals surface area contributed by atoms with Gasteiger partial charge < -0.3 is 10.4 Å². The highest BCUT2D eigenvalue weighted by atomic mass is 16.3. The van der Waals surface area contributed by atoms with E-state index in [0.29, 0.717) is 16.8 Å². The van der Waals surface area contributed by atoms with Crippen LogP contribution in [0.3, 0.4) is 0 Å². The van der Waals surface area contributed by atoms with E-state index in [9.17, 15) is 14.7 Å². The maximum Gasteiger partial charge on any atom is 0.269 e. The molecule has 0 heterocycles. The first kappa shape index (κ1) is 17.0. The van der Waals surface area contributed by atoms with E-state index in [2.05, 4.69) is 5.32 Å². The number of nitriles is 1. The van der Waals surface area contributed by atoms with Crippen molar-refractivity contribution in [1.29, 1.82) is 5.26 Å². The number of nitrogens with one attached hydrogen (secondary N) is 1. The predicted molar refractivity (Wildman–Crippen MR) is 90.6 cm³/mol. The smallest absolute Gasteiger partial charge is 0.269 e. The third kappa shape index (κ3) is 3.87. The van der Waals surface area contributed by atoms with E-state index < -0.39 is 5.91 Å². The van der Waals surface area contributed by atoms with Crippen LogP contribution in [0, 0.1) is 18.3 Å². The summed E-state index contributed by atoms with van der Waals surface area (Å²) in [6, 6.07) is 15.2. The van der Waals surface area contributed by atoms with Crippen molar-refractivity contribution in [3.63, 3.8) is 0 Å². The summed E-state index contributed by atoms with van der Waals surface area (Å²) < 4.78 is 0. The summed E-state index contributed by atoms with van der Waals surface area (Å²) in [5.74, 6) is -1.16. The second-order valence-electron chi connectivity index (χ2n) is 5.30. The number of aliphatic hydroxyl groups excluding tert-OH is 1. The fourth-order valence-corrected chi connectivity index (χ4v) is 2.07.